The summed E-state index contributed by atoms with van der Waals surface area (Å²) in [5.41, 5.74) is 2.45. The number of amides is 1. The monoisotopic (exact) mass is 444 g/mol. The Morgan fingerprint density at radius 2 is 1.89 bits per heavy atom. The van der Waals surface area contributed by atoms with E-state index in [4.69, 9.17) is 33.1 Å². The number of nitrogens with zero attached hydrogens (tertiary/aromatic N) is 1. The summed E-state index contributed by atoms with van der Waals surface area (Å²) in [5, 5.41) is 9.33. The molecule has 150 valence electrons. The van der Waals surface area contributed by atoms with Crippen LogP contribution in [0.3, 0.4) is 0 Å². The van der Waals surface area contributed by atoms with Crippen molar-refractivity contribution in [3.63, 3.8) is 0 Å². The molecule has 2 atom stereocenters. The van der Waals surface area contributed by atoms with E-state index in [1.807, 2.05) is 30.3 Å². The minimum Gasteiger partial charge on any atom is -0.372 e. The van der Waals surface area contributed by atoms with Gasteiger partial charge in [-0.3, -0.25) is 10.0 Å². The molecule has 0 radical (unpaired) electrons. The molecule has 1 fully saturated rings. The van der Waals surface area contributed by atoms with Gasteiger partial charge in [0.05, 0.1) is 27.7 Å². The van der Waals surface area contributed by atoms with E-state index in [-0.39, 0.29) is 34.5 Å². The lowest BCUT2D eigenvalue weighted by atomic mass is 10.2. The quantitative estimate of drug-likeness (QED) is 0.527. The van der Waals surface area contributed by atoms with E-state index in [0.717, 1.165) is 9.87 Å². The highest BCUT2D eigenvalue weighted by atomic mass is 35.5. The molecular weight excluding hydrogens is 427 g/mol. The second-order valence-electron chi connectivity index (χ2n) is 6.30. The maximum absolute atomic E-state index is 13.1. The van der Waals surface area contributed by atoms with E-state index in [1.165, 1.54) is 23.7 Å². The minimum absolute atomic E-state index is 0.0342. The van der Waals surface area contributed by atoms with E-state index in [0.29, 0.717) is 0 Å². The first-order valence-electron chi connectivity index (χ1n) is 8.39. The van der Waals surface area contributed by atoms with Crippen molar-refractivity contribution in [1.29, 1.82) is 0 Å². The van der Waals surface area contributed by atoms with Gasteiger partial charge in [0.1, 0.15) is 6.04 Å². The molecule has 3 rings (SSSR count). The summed E-state index contributed by atoms with van der Waals surface area (Å²) in [6, 6.07) is 12.2. The Kier molecular flexibility index (Phi) is 6.59. The second kappa shape index (κ2) is 8.77. The third-order valence-corrected chi connectivity index (χ3v) is 7.07. The topological polar surface area (TPSA) is 95.9 Å². The van der Waals surface area contributed by atoms with Gasteiger partial charge in [-0.05, 0) is 23.8 Å². The van der Waals surface area contributed by atoms with Crippen LogP contribution in [0.15, 0.2) is 53.4 Å². The van der Waals surface area contributed by atoms with Crippen LogP contribution in [0.1, 0.15) is 12.0 Å². The third-order valence-electron chi connectivity index (χ3n) is 4.46. The highest BCUT2D eigenvalue weighted by Crippen LogP contribution is 2.31. The van der Waals surface area contributed by atoms with E-state index in [9.17, 15) is 13.2 Å². The predicted octanol–water partition coefficient (Wildman–Crippen LogP) is 2.85. The highest BCUT2D eigenvalue weighted by molar-refractivity contribution is 7.89. The summed E-state index contributed by atoms with van der Waals surface area (Å²) in [4.78, 5) is 12.0. The molecule has 1 aliphatic rings. The summed E-state index contributed by atoms with van der Waals surface area (Å²) >= 11 is 11.8. The lowest BCUT2D eigenvalue weighted by molar-refractivity contribution is -0.132. The van der Waals surface area contributed by atoms with Gasteiger partial charge >= 0.3 is 0 Å². The molecular formula is C18H18Cl2N2O5S. The van der Waals surface area contributed by atoms with Crippen LogP contribution >= 0.6 is 23.2 Å². The number of benzene rings is 2. The lowest BCUT2D eigenvalue weighted by Gasteiger charge is -2.22. The van der Waals surface area contributed by atoms with Gasteiger partial charge in [0.25, 0.3) is 5.91 Å². The number of carbonyl (C=O) groups excluding carboxylic acids is 1. The number of hydrogen-bond donors (Lipinski definition) is 2. The Labute approximate surface area is 172 Å². The SMILES string of the molecule is O=C(NO)[C@H]1C[C@H](OCc2ccccc2)CN1S(=O)(=O)c1ccc(Cl)c(Cl)c1. The van der Waals surface area contributed by atoms with Gasteiger partial charge < -0.3 is 4.74 Å². The molecule has 1 amide bonds. The maximum atomic E-state index is 13.1. The number of hydroxylamine groups is 1. The number of hydrogen-bond acceptors (Lipinski definition) is 5. The summed E-state index contributed by atoms with van der Waals surface area (Å²) in [6.07, 6.45) is -0.403. The van der Waals surface area contributed by atoms with E-state index in [1.54, 1.807) is 0 Å². The van der Waals surface area contributed by atoms with E-state index < -0.39 is 28.1 Å². The van der Waals surface area contributed by atoms with Crippen LogP contribution in [0.4, 0.5) is 0 Å². The fourth-order valence-corrected chi connectivity index (χ4v) is 5.05. The highest BCUT2D eigenvalue weighted by Gasteiger charge is 2.44. The standard InChI is InChI=1S/C18H18Cl2N2O5S/c19-15-7-6-14(9-16(15)20)28(25,26)22-10-13(8-17(22)18(23)21-24)27-11-12-4-2-1-3-5-12/h1-7,9,13,17,24H,8,10-11H2,(H,21,23)/t13-,17+/m0/s1. The molecule has 2 aromatic carbocycles. The largest absolute Gasteiger partial charge is 0.372 e. The molecule has 2 N–H and O–H groups in total. The van der Waals surface area contributed by atoms with Crippen LogP contribution in [0.5, 0.6) is 0 Å². The van der Waals surface area contributed by atoms with E-state index >= 15 is 0 Å². The van der Waals surface area contributed by atoms with Crippen molar-refractivity contribution in [3.05, 3.63) is 64.1 Å². The second-order valence-corrected chi connectivity index (χ2v) is 9.00. The summed E-state index contributed by atoms with van der Waals surface area (Å²) in [6.45, 7) is 0.243. The van der Waals surface area contributed by atoms with Crippen LogP contribution in [0.2, 0.25) is 10.0 Å². The van der Waals surface area contributed by atoms with Crippen molar-refractivity contribution in [3.8, 4) is 0 Å². The third kappa shape index (κ3) is 4.48. The van der Waals surface area contributed by atoms with Gasteiger partial charge in [-0.2, -0.15) is 4.31 Å². The molecule has 28 heavy (non-hydrogen) atoms. The van der Waals surface area contributed by atoms with Crippen LogP contribution in [0.25, 0.3) is 0 Å². The zero-order valence-electron chi connectivity index (χ0n) is 14.6. The Morgan fingerprint density at radius 3 is 2.54 bits per heavy atom. The molecule has 7 nitrogen and oxygen atoms in total. The van der Waals surface area contributed by atoms with Crippen LogP contribution in [-0.4, -0.2) is 42.5 Å². The first kappa shape index (κ1) is 21.0. The number of rotatable bonds is 6. The number of halogens is 2. The molecule has 0 bridgehead atoms. The molecule has 0 spiro atoms. The molecule has 2 aromatic rings. The Hall–Kier alpha value is -1.68. The Balaban J connectivity index is 1.82. The van der Waals surface area contributed by atoms with Crippen molar-refractivity contribution in [2.45, 2.75) is 30.1 Å². The first-order chi connectivity index (χ1) is 13.3. The summed E-state index contributed by atoms with van der Waals surface area (Å²) in [7, 11) is -4.06. The predicted molar refractivity (Wildman–Crippen MR) is 104 cm³/mol. The van der Waals surface area contributed by atoms with Gasteiger partial charge in [-0.25, -0.2) is 13.9 Å². The van der Waals surface area contributed by atoms with Gasteiger partial charge in [-0.1, -0.05) is 53.5 Å². The number of carbonyl (C=O) groups is 1. The fourth-order valence-electron chi connectivity index (χ4n) is 3.03. The Bertz CT molecular complexity index is 956. The van der Waals surface area contributed by atoms with E-state index in [2.05, 4.69) is 0 Å². The summed E-state index contributed by atoms with van der Waals surface area (Å²) < 4.78 is 32.9. The zero-order valence-corrected chi connectivity index (χ0v) is 16.9. The van der Waals surface area contributed by atoms with Crippen LogP contribution in [0, 0.1) is 0 Å². The van der Waals surface area contributed by atoms with Crippen LogP contribution in [-0.2, 0) is 26.2 Å². The zero-order chi connectivity index (χ0) is 20.3. The number of sulfonamides is 1. The van der Waals surface area contributed by atoms with Crippen molar-refractivity contribution in [2.75, 3.05) is 6.54 Å². The van der Waals surface area contributed by atoms with Crippen molar-refractivity contribution < 1.29 is 23.2 Å². The molecule has 1 saturated heterocycles. The van der Waals surface area contributed by atoms with Crippen molar-refractivity contribution in [1.82, 2.24) is 9.79 Å². The minimum atomic E-state index is -4.06. The van der Waals surface area contributed by atoms with Gasteiger partial charge in [-0.15, -0.1) is 0 Å². The molecule has 10 heteroatoms. The average molecular weight is 445 g/mol. The molecule has 0 aromatic heterocycles. The Morgan fingerprint density at radius 1 is 1.18 bits per heavy atom. The maximum Gasteiger partial charge on any atom is 0.261 e. The molecule has 0 saturated carbocycles. The first-order valence-corrected chi connectivity index (χ1v) is 10.6. The number of nitrogens with one attached hydrogen (secondary N) is 1. The molecule has 1 heterocycles. The lowest BCUT2D eigenvalue weighted by Crippen LogP contribution is -2.45. The fraction of sp³-hybridized carbons (Fsp3) is 0.278. The normalized spacial score (nSPS) is 20.2. The smallest absolute Gasteiger partial charge is 0.261 e. The van der Waals surface area contributed by atoms with Gasteiger partial charge in [0.15, 0.2) is 0 Å². The van der Waals surface area contributed by atoms with Crippen molar-refractivity contribution in [2.24, 2.45) is 0 Å². The molecule has 1 aliphatic heterocycles. The van der Waals surface area contributed by atoms with Gasteiger partial charge in [0.2, 0.25) is 10.0 Å². The molecule has 0 aliphatic carbocycles. The van der Waals surface area contributed by atoms with Gasteiger partial charge in [0, 0.05) is 13.0 Å². The van der Waals surface area contributed by atoms with Crippen molar-refractivity contribution >= 4 is 39.1 Å². The number of ether oxygens (including phenoxy) is 1. The van der Waals surface area contributed by atoms with Crippen LogP contribution < -0.4 is 5.48 Å². The summed E-state index contributed by atoms with van der Waals surface area (Å²) in [5.74, 6) is -0.825. The average Bonchev–Trinajstić information content (AvgIpc) is 3.14. The molecule has 0 unspecified atom stereocenters.